The van der Waals surface area contributed by atoms with Crippen LogP contribution in [-0.4, -0.2) is 114 Å². The van der Waals surface area contributed by atoms with E-state index in [1.165, 1.54) is 42.8 Å². The molecule has 4 aliphatic rings. The third kappa shape index (κ3) is 8.31. The van der Waals surface area contributed by atoms with Gasteiger partial charge in [-0.2, -0.15) is 8.61 Å². The molecule has 0 aliphatic carbocycles. The minimum atomic E-state index is -4.10. The molecule has 20 nitrogen and oxygen atoms in total. The second kappa shape index (κ2) is 19.4. The molecule has 8 atom stereocenters. The van der Waals surface area contributed by atoms with Crippen molar-refractivity contribution in [3.8, 4) is 0 Å². The van der Waals surface area contributed by atoms with Crippen LogP contribution in [0.3, 0.4) is 0 Å². The van der Waals surface area contributed by atoms with Gasteiger partial charge in [0.05, 0.1) is 36.6 Å². The van der Waals surface area contributed by atoms with E-state index in [9.17, 15) is 46.2 Å². The highest BCUT2D eigenvalue weighted by Gasteiger charge is 2.61. The number of amides is 2. The molecule has 4 aromatic heterocycles. The zero-order valence-electron chi connectivity index (χ0n) is 37.8. The van der Waals surface area contributed by atoms with Crippen molar-refractivity contribution in [1.82, 2.24) is 47.5 Å². The first kappa shape index (κ1) is 48.4. The molecule has 4 aromatic rings. The molecular formula is C44H58N10O10S2. The van der Waals surface area contributed by atoms with E-state index in [2.05, 4.69) is 20.6 Å². The van der Waals surface area contributed by atoms with Crippen molar-refractivity contribution in [2.24, 2.45) is 37.8 Å². The largest absolute Gasteiger partial charge is 0.396 e. The van der Waals surface area contributed by atoms with E-state index < -0.39 is 67.9 Å². The van der Waals surface area contributed by atoms with E-state index in [0.29, 0.717) is 35.6 Å². The van der Waals surface area contributed by atoms with Crippen molar-refractivity contribution in [2.75, 3.05) is 26.3 Å². The first-order chi connectivity index (χ1) is 31.5. The van der Waals surface area contributed by atoms with Crippen LogP contribution in [0.15, 0.2) is 81.1 Å². The lowest BCUT2D eigenvalue weighted by atomic mass is 9.86. The molecule has 0 spiro atoms. The van der Waals surface area contributed by atoms with Crippen LogP contribution in [-0.2, 0) is 56.8 Å². The molecule has 4 aliphatic heterocycles. The Bertz CT molecular complexity index is 2690. The van der Waals surface area contributed by atoms with Crippen molar-refractivity contribution < 1.29 is 36.6 Å². The van der Waals surface area contributed by atoms with Crippen LogP contribution >= 0.6 is 0 Å². The minimum absolute atomic E-state index is 0.0465. The summed E-state index contributed by atoms with van der Waals surface area (Å²) in [5.74, 6) is -3.69. The number of nitrogens with one attached hydrogen (secondary N) is 2. The summed E-state index contributed by atoms with van der Waals surface area (Å²) in [4.78, 5) is 60.9. The molecule has 356 valence electrons. The lowest BCUT2D eigenvalue weighted by Crippen LogP contribution is -2.49. The molecule has 0 radical (unpaired) electrons. The molecule has 2 fully saturated rings. The Hall–Kier alpha value is -5.52. The van der Waals surface area contributed by atoms with Gasteiger partial charge in [0.25, 0.3) is 31.2 Å². The fourth-order valence-corrected chi connectivity index (χ4v) is 13.6. The summed E-state index contributed by atoms with van der Waals surface area (Å²) in [7, 11) is -4.86. The smallest absolute Gasteiger partial charge is 0.263 e. The number of aliphatic hydroxyl groups is 2. The quantitative estimate of drug-likeness (QED) is 0.138. The van der Waals surface area contributed by atoms with Gasteiger partial charge in [-0.15, -0.1) is 0 Å². The Kier molecular flexibility index (Phi) is 14.2. The number of aliphatic hydroxyl groups excluding tert-OH is 2. The van der Waals surface area contributed by atoms with E-state index in [4.69, 9.17) is 0 Å². The summed E-state index contributed by atoms with van der Waals surface area (Å²) in [6.07, 6.45) is 14.0. The van der Waals surface area contributed by atoms with Gasteiger partial charge in [-0.1, -0.05) is 38.2 Å². The van der Waals surface area contributed by atoms with Gasteiger partial charge in [-0.05, 0) is 51.0 Å². The Morgan fingerprint density at radius 2 is 1.06 bits per heavy atom. The summed E-state index contributed by atoms with van der Waals surface area (Å²) in [5, 5.41) is 26.0. The molecule has 4 bridgehead atoms. The number of aryl methyl sites for hydroxylation is 2. The molecule has 2 saturated heterocycles. The number of imidazole rings is 2. The maximum absolute atomic E-state index is 13.7. The topological polar surface area (TPSA) is 253 Å². The van der Waals surface area contributed by atoms with Crippen molar-refractivity contribution in [1.29, 1.82) is 0 Å². The molecular weight excluding hydrogens is 893 g/mol. The third-order valence-electron chi connectivity index (χ3n) is 12.9. The summed E-state index contributed by atoms with van der Waals surface area (Å²) >= 11 is 0. The van der Waals surface area contributed by atoms with Gasteiger partial charge in [0.1, 0.15) is 0 Å². The van der Waals surface area contributed by atoms with Crippen molar-refractivity contribution in [3.05, 3.63) is 105 Å². The lowest BCUT2D eigenvalue weighted by Gasteiger charge is -2.36. The number of sulfonamides is 2. The molecule has 66 heavy (non-hydrogen) atoms. The van der Waals surface area contributed by atoms with Gasteiger partial charge in [-0.3, -0.25) is 19.2 Å². The lowest BCUT2D eigenvalue weighted by molar-refractivity contribution is -0.128. The van der Waals surface area contributed by atoms with E-state index in [1.54, 1.807) is 71.8 Å². The van der Waals surface area contributed by atoms with Crippen LogP contribution in [0, 0.1) is 23.7 Å². The molecule has 0 aromatic carbocycles. The second-order valence-corrected chi connectivity index (χ2v) is 20.6. The Balaban J connectivity index is 0.000000196. The minimum Gasteiger partial charge on any atom is -0.396 e. The molecule has 0 saturated carbocycles. The van der Waals surface area contributed by atoms with Gasteiger partial charge >= 0.3 is 0 Å². The molecule has 22 heteroatoms. The van der Waals surface area contributed by atoms with Crippen LogP contribution in [0.5, 0.6) is 0 Å². The Labute approximate surface area is 383 Å². The molecule has 4 N–H and O–H groups in total. The van der Waals surface area contributed by atoms with Gasteiger partial charge in [0.15, 0.2) is 10.1 Å². The van der Waals surface area contributed by atoms with Crippen LogP contribution < -0.4 is 21.8 Å². The number of fused-ring (bicyclic) bond motifs is 8. The normalized spacial score (nSPS) is 24.8. The zero-order chi connectivity index (χ0) is 47.8. The van der Waals surface area contributed by atoms with E-state index in [0.717, 1.165) is 12.8 Å². The number of carbonyl (C=O) groups excluding carboxylic acids is 2. The van der Waals surface area contributed by atoms with Crippen molar-refractivity contribution in [2.45, 2.75) is 87.8 Å². The average molecular weight is 951 g/mol. The van der Waals surface area contributed by atoms with Gasteiger partial charge < -0.3 is 39.1 Å². The fraction of sp³-hybridized carbons (Fsp3) is 0.500. The average Bonchev–Trinajstić information content (AvgIpc) is 4.06. The van der Waals surface area contributed by atoms with E-state index >= 15 is 0 Å². The van der Waals surface area contributed by atoms with Crippen LogP contribution in [0.4, 0.5) is 0 Å². The standard InChI is InChI=1S/2C22H29N5O5S/c2*1-4-6-14-7-8-16-20-19(21(29)23-9-5-2)15(12-28)17(10-26(16)22(14)30)27(20)33(31,32)18-11-25(3)13-24-18/h2*4,6-8,11,13,15,17,19-20,28H,5,9-10,12H2,1-3H3,(H,23,29)/b6-4+;6-4-/t2*15-,17-,19+,20+/m11/s1. The molecule has 2 amide bonds. The Morgan fingerprint density at radius 1 is 0.682 bits per heavy atom. The number of rotatable bonds is 14. The summed E-state index contributed by atoms with van der Waals surface area (Å²) in [6, 6.07) is 3.30. The molecule has 0 unspecified atom stereocenters. The maximum atomic E-state index is 13.7. The monoisotopic (exact) mass is 950 g/mol. The molecule has 8 rings (SSSR count). The highest BCUT2D eigenvalue weighted by atomic mass is 32.2. The summed E-state index contributed by atoms with van der Waals surface area (Å²) < 4.78 is 63.6. The molecule has 8 heterocycles. The number of aromatic nitrogens is 6. The van der Waals surface area contributed by atoms with E-state index in [-0.39, 0.29) is 59.3 Å². The van der Waals surface area contributed by atoms with Gasteiger partial charge in [-0.25, -0.2) is 26.8 Å². The predicted molar refractivity (Wildman–Crippen MR) is 243 cm³/mol. The SMILES string of the molecule is C/C=C/c1ccc2n(c1=O)C[C@@H]1[C@@H](CO)[C@H](C(=O)NCCC)[C@H]2N1S(=O)(=O)c1cn(C)cn1.C/C=C\c1ccc2n(c1=O)C[C@@H]1[C@@H](CO)[C@H](C(=O)NCCC)[C@H]2N1S(=O)(=O)c1cn(C)cn1. The predicted octanol–water partition coefficient (Wildman–Crippen LogP) is 0.987. The second-order valence-electron chi connectivity index (χ2n) is 17.0. The summed E-state index contributed by atoms with van der Waals surface area (Å²) in [5.41, 5.74) is 1.35. The first-order valence-corrected chi connectivity index (χ1v) is 24.9. The van der Waals surface area contributed by atoms with Crippen LogP contribution in [0.25, 0.3) is 12.2 Å². The van der Waals surface area contributed by atoms with Crippen molar-refractivity contribution in [3.63, 3.8) is 0 Å². The summed E-state index contributed by atoms with van der Waals surface area (Å²) in [6.45, 7) is 7.66. The number of nitrogens with zero attached hydrogens (tertiary/aromatic N) is 8. The number of hydrogen-bond acceptors (Lipinski definition) is 12. The highest BCUT2D eigenvalue weighted by molar-refractivity contribution is 7.89. The first-order valence-electron chi connectivity index (χ1n) is 22.0. The van der Waals surface area contributed by atoms with Gasteiger partial charge in [0, 0.05) is 112 Å². The zero-order valence-corrected chi connectivity index (χ0v) is 39.4. The number of pyridine rings is 2. The van der Waals surface area contributed by atoms with Gasteiger partial charge in [0.2, 0.25) is 11.8 Å². The number of hydrogen-bond donors (Lipinski definition) is 4. The van der Waals surface area contributed by atoms with Crippen LogP contribution in [0.1, 0.15) is 75.1 Å². The number of carbonyl (C=O) groups is 2. The maximum Gasteiger partial charge on any atom is 0.263 e. The fourth-order valence-electron chi connectivity index (χ4n) is 10.0. The van der Waals surface area contributed by atoms with Crippen LogP contribution in [0.2, 0.25) is 0 Å². The Morgan fingerprint density at radius 3 is 1.36 bits per heavy atom. The highest BCUT2D eigenvalue weighted by Crippen LogP contribution is 2.52. The van der Waals surface area contributed by atoms with Crippen molar-refractivity contribution >= 4 is 44.0 Å². The third-order valence-corrected chi connectivity index (χ3v) is 16.5. The number of allylic oxidation sites excluding steroid dienone is 2. The van der Waals surface area contributed by atoms with E-state index in [1.807, 2.05) is 27.7 Å².